The fourth-order valence-electron chi connectivity index (χ4n) is 3.97. The molecule has 6 nitrogen and oxygen atoms in total. The van der Waals surface area contributed by atoms with Gasteiger partial charge in [-0.15, -0.1) is 11.3 Å². The molecule has 0 bridgehead atoms. The van der Waals surface area contributed by atoms with Crippen molar-refractivity contribution in [3.8, 4) is 0 Å². The van der Waals surface area contributed by atoms with Crippen molar-refractivity contribution in [3.05, 3.63) is 11.1 Å². The van der Waals surface area contributed by atoms with E-state index in [0.717, 1.165) is 70.6 Å². The molecule has 3 aliphatic heterocycles. The fourth-order valence-corrected chi connectivity index (χ4v) is 4.97. The molecule has 25 heavy (non-hydrogen) atoms. The fraction of sp³-hybridized carbons (Fsp3) is 0.833. The van der Waals surface area contributed by atoms with Crippen LogP contribution in [-0.4, -0.2) is 86.5 Å². The third-order valence-corrected chi connectivity index (χ3v) is 6.34. The zero-order chi connectivity index (χ0) is 16.9. The van der Waals surface area contributed by atoms with E-state index in [2.05, 4.69) is 25.9 Å². The van der Waals surface area contributed by atoms with Crippen LogP contribution in [0.25, 0.3) is 0 Å². The first-order valence-corrected chi connectivity index (χ1v) is 10.5. The van der Waals surface area contributed by atoms with Crippen LogP contribution in [0.1, 0.15) is 24.1 Å². The maximum absolute atomic E-state index is 6.12. The van der Waals surface area contributed by atoms with Gasteiger partial charge in [0.25, 0.3) is 0 Å². The molecule has 4 rings (SSSR count). The molecule has 0 N–H and O–H groups in total. The van der Waals surface area contributed by atoms with Gasteiger partial charge in [-0.3, -0.25) is 4.90 Å². The Morgan fingerprint density at radius 2 is 1.80 bits per heavy atom. The Hall–Kier alpha value is -0.730. The van der Waals surface area contributed by atoms with Gasteiger partial charge in [0.1, 0.15) is 0 Å². The van der Waals surface area contributed by atoms with Crippen molar-refractivity contribution in [2.24, 2.45) is 0 Å². The maximum Gasteiger partial charge on any atom is 0.185 e. The predicted octanol–water partition coefficient (Wildman–Crippen LogP) is 1.67. The molecular weight excluding hydrogens is 336 g/mol. The van der Waals surface area contributed by atoms with Crippen molar-refractivity contribution in [2.45, 2.75) is 31.9 Å². The smallest absolute Gasteiger partial charge is 0.185 e. The summed E-state index contributed by atoms with van der Waals surface area (Å²) < 4.78 is 11.6. The van der Waals surface area contributed by atoms with Crippen LogP contribution in [0.4, 0.5) is 5.13 Å². The van der Waals surface area contributed by atoms with Gasteiger partial charge < -0.3 is 19.3 Å². The van der Waals surface area contributed by atoms with Gasteiger partial charge in [-0.1, -0.05) is 0 Å². The van der Waals surface area contributed by atoms with Gasteiger partial charge in [0.2, 0.25) is 0 Å². The summed E-state index contributed by atoms with van der Waals surface area (Å²) in [6.07, 6.45) is 6.25. The normalized spacial score (nSPS) is 26.9. The number of hydrogen-bond acceptors (Lipinski definition) is 7. The minimum Gasteiger partial charge on any atom is -0.378 e. The number of ether oxygens (including phenoxy) is 2. The van der Waals surface area contributed by atoms with E-state index < -0.39 is 0 Å². The second kappa shape index (κ2) is 8.77. The van der Waals surface area contributed by atoms with E-state index >= 15 is 0 Å². The Balaban J connectivity index is 1.31. The molecule has 4 heterocycles. The van der Waals surface area contributed by atoms with E-state index in [1.807, 2.05) is 11.3 Å². The molecule has 3 fully saturated rings. The van der Waals surface area contributed by atoms with E-state index in [1.165, 1.54) is 30.8 Å². The molecule has 0 radical (unpaired) electrons. The van der Waals surface area contributed by atoms with Crippen LogP contribution in [0.2, 0.25) is 0 Å². The topological polar surface area (TPSA) is 41.1 Å². The number of anilines is 1. The molecule has 0 aliphatic carbocycles. The lowest BCUT2D eigenvalue weighted by Crippen LogP contribution is -2.39. The Morgan fingerprint density at radius 1 is 1.00 bits per heavy atom. The Morgan fingerprint density at radius 3 is 2.64 bits per heavy atom. The number of aromatic nitrogens is 1. The Labute approximate surface area is 154 Å². The van der Waals surface area contributed by atoms with Crippen LogP contribution in [-0.2, 0) is 16.0 Å². The summed E-state index contributed by atoms with van der Waals surface area (Å²) in [6.45, 7) is 11.2. The van der Waals surface area contributed by atoms with Crippen LogP contribution in [0.3, 0.4) is 0 Å². The predicted molar refractivity (Wildman–Crippen MR) is 100 cm³/mol. The molecule has 3 aliphatic rings. The quantitative estimate of drug-likeness (QED) is 0.790. The van der Waals surface area contributed by atoms with Crippen molar-refractivity contribution >= 4 is 16.5 Å². The van der Waals surface area contributed by atoms with E-state index in [9.17, 15) is 0 Å². The van der Waals surface area contributed by atoms with Crippen molar-refractivity contribution in [2.75, 3.05) is 70.5 Å². The average Bonchev–Trinajstić information content (AvgIpc) is 3.26. The second-order valence-corrected chi connectivity index (χ2v) is 8.39. The summed E-state index contributed by atoms with van der Waals surface area (Å²) in [5.41, 5.74) is 0. The SMILES string of the molecule is c1nc(N2CCOCC2)sc1CN1CCCO[C@@H](CN2CCCC2)C1. The minimum absolute atomic E-state index is 0.354. The lowest BCUT2D eigenvalue weighted by Gasteiger charge is -2.27. The van der Waals surface area contributed by atoms with Gasteiger partial charge >= 0.3 is 0 Å². The minimum atomic E-state index is 0.354. The van der Waals surface area contributed by atoms with Crippen molar-refractivity contribution < 1.29 is 9.47 Å². The summed E-state index contributed by atoms with van der Waals surface area (Å²) in [7, 11) is 0. The Kier molecular flexibility index (Phi) is 6.20. The highest BCUT2D eigenvalue weighted by atomic mass is 32.1. The van der Waals surface area contributed by atoms with Gasteiger partial charge in [-0.05, 0) is 32.4 Å². The van der Waals surface area contributed by atoms with Crippen molar-refractivity contribution in [1.29, 1.82) is 0 Å². The number of nitrogens with zero attached hydrogens (tertiary/aromatic N) is 4. The summed E-state index contributed by atoms with van der Waals surface area (Å²) in [5.74, 6) is 0. The maximum atomic E-state index is 6.12. The zero-order valence-electron chi connectivity index (χ0n) is 15.1. The van der Waals surface area contributed by atoms with Crippen LogP contribution in [0.15, 0.2) is 6.20 Å². The van der Waals surface area contributed by atoms with Crippen LogP contribution >= 0.6 is 11.3 Å². The highest BCUT2D eigenvalue weighted by Gasteiger charge is 2.23. The van der Waals surface area contributed by atoms with E-state index in [0.29, 0.717) is 6.10 Å². The molecule has 140 valence electrons. The molecule has 3 saturated heterocycles. The number of thiazole rings is 1. The molecule has 7 heteroatoms. The third kappa shape index (κ3) is 4.92. The monoisotopic (exact) mass is 366 g/mol. The largest absolute Gasteiger partial charge is 0.378 e. The first-order chi connectivity index (χ1) is 12.4. The molecule has 0 aromatic carbocycles. The van der Waals surface area contributed by atoms with Gasteiger partial charge in [-0.25, -0.2) is 4.98 Å². The van der Waals surface area contributed by atoms with E-state index in [1.54, 1.807) is 0 Å². The molecule has 0 amide bonds. The molecule has 1 atom stereocenters. The van der Waals surface area contributed by atoms with Gasteiger partial charge in [0, 0.05) is 56.9 Å². The Bertz CT molecular complexity index is 529. The van der Waals surface area contributed by atoms with Gasteiger partial charge in [0.15, 0.2) is 5.13 Å². The van der Waals surface area contributed by atoms with Crippen LogP contribution in [0, 0.1) is 0 Å². The lowest BCUT2D eigenvalue weighted by atomic mass is 10.3. The second-order valence-electron chi connectivity index (χ2n) is 7.30. The number of morpholine rings is 1. The van der Waals surface area contributed by atoms with E-state index in [-0.39, 0.29) is 0 Å². The summed E-state index contributed by atoms with van der Waals surface area (Å²) in [6, 6.07) is 0. The lowest BCUT2D eigenvalue weighted by molar-refractivity contribution is 0.0309. The zero-order valence-corrected chi connectivity index (χ0v) is 15.9. The first-order valence-electron chi connectivity index (χ1n) is 9.70. The number of rotatable bonds is 5. The summed E-state index contributed by atoms with van der Waals surface area (Å²) >= 11 is 1.84. The van der Waals surface area contributed by atoms with Crippen molar-refractivity contribution in [1.82, 2.24) is 14.8 Å². The summed E-state index contributed by atoms with van der Waals surface area (Å²) in [5, 5.41) is 1.15. The number of likely N-dealkylation sites (tertiary alicyclic amines) is 1. The molecule has 1 aromatic rings. The van der Waals surface area contributed by atoms with Gasteiger partial charge in [-0.2, -0.15) is 0 Å². The molecule has 0 saturated carbocycles. The van der Waals surface area contributed by atoms with Crippen molar-refractivity contribution in [3.63, 3.8) is 0 Å². The molecular formula is C18H30N4O2S. The van der Waals surface area contributed by atoms with Crippen LogP contribution < -0.4 is 4.90 Å². The van der Waals surface area contributed by atoms with Gasteiger partial charge in [0.05, 0.1) is 19.3 Å². The standard InChI is InChI=1S/C18H30N4O2S/c1-2-5-20(4-1)13-16-14-21(6-3-9-24-16)15-17-12-19-18(25-17)22-7-10-23-11-8-22/h12,16H,1-11,13-15H2/t16-/m0/s1. The van der Waals surface area contributed by atoms with E-state index in [4.69, 9.17) is 9.47 Å². The molecule has 0 unspecified atom stereocenters. The summed E-state index contributed by atoms with van der Waals surface area (Å²) in [4.78, 5) is 13.5. The van der Waals surface area contributed by atoms with Crippen LogP contribution in [0.5, 0.6) is 0 Å². The third-order valence-electron chi connectivity index (χ3n) is 5.30. The number of hydrogen-bond donors (Lipinski definition) is 0. The highest BCUT2D eigenvalue weighted by molar-refractivity contribution is 7.15. The molecule has 0 spiro atoms. The highest BCUT2D eigenvalue weighted by Crippen LogP contribution is 2.25. The average molecular weight is 367 g/mol. The molecule has 1 aromatic heterocycles. The first kappa shape index (κ1) is 17.7.